The van der Waals surface area contributed by atoms with Gasteiger partial charge in [0, 0.05) is 16.4 Å². The summed E-state index contributed by atoms with van der Waals surface area (Å²) >= 11 is 3.27. The molecule has 0 aliphatic heterocycles. The van der Waals surface area contributed by atoms with Gasteiger partial charge in [-0.15, -0.1) is 0 Å². The third kappa shape index (κ3) is 3.07. The maximum atomic E-state index is 11.9. The number of amides is 1. The van der Waals surface area contributed by atoms with Crippen LogP contribution in [0.4, 0.5) is 5.69 Å². The van der Waals surface area contributed by atoms with E-state index in [1.54, 1.807) is 49.7 Å². The molecular formula is C13H11BrN2O2. The molecule has 0 atom stereocenters. The molecule has 2 aromatic rings. The predicted octanol–water partition coefficient (Wildman–Crippen LogP) is 3.11. The molecule has 0 saturated heterocycles. The molecule has 0 unspecified atom stereocenters. The summed E-state index contributed by atoms with van der Waals surface area (Å²) in [4.78, 5) is 15.9. The first-order chi connectivity index (χ1) is 8.69. The molecule has 92 valence electrons. The molecule has 2 rings (SSSR count). The number of aromatic nitrogens is 1. The lowest BCUT2D eigenvalue weighted by Crippen LogP contribution is -2.13. The Morgan fingerprint density at radius 3 is 2.50 bits per heavy atom. The van der Waals surface area contributed by atoms with Crippen LogP contribution in [0.1, 0.15) is 10.5 Å². The van der Waals surface area contributed by atoms with Crippen LogP contribution in [0.15, 0.2) is 47.1 Å². The number of hydrogen-bond donors (Lipinski definition) is 1. The van der Waals surface area contributed by atoms with Gasteiger partial charge in [-0.2, -0.15) is 0 Å². The minimum atomic E-state index is -0.243. The largest absolute Gasteiger partial charge is 0.497 e. The smallest absolute Gasteiger partial charge is 0.274 e. The Labute approximate surface area is 113 Å². The van der Waals surface area contributed by atoms with Gasteiger partial charge >= 0.3 is 0 Å². The molecule has 4 nitrogen and oxygen atoms in total. The van der Waals surface area contributed by atoms with Crippen molar-refractivity contribution < 1.29 is 9.53 Å². The van der Waals surface area contributed by atoms with Gasteiger partial charge in [-0.25, -0.2) is 4.98 Å². The van der Waals surface area contributed by atoms with Crippen molar-refractivity contribution in [2.45, 2.75) is 0 Å². The van der Waals surface area contributed by atoms with Crippen molar-refractivity contribution in [2.24, 2.45) is 0 Å². The SMILES string of the molecule is COc1ccc(NC(=O)c2ccc(Br)cn2)cc1. The number of carbonyl (C=O) groups is 1. The van der Waals surface area contributed by atoms with Gasteiger partial charge in [-0.1, -0.05) is 0 Å². The van der Waals surface area contributed by atoms with Crippen molar-refractivity contribution in [3.05, 3.63) is 52.8 Å². The van der Waals surface area contributed by atoms with E-state index in [0.717, 1.165) is 10.2 Å². The summed E-state index contributed by atoms with van der Waals surface area (Å²) in [7, 11) is 1.60. The van der Waals surface area contributed by atoms with Crippen LogP contribution in [0, 0.1) is 0 Å². The molecule has 0 saturated carbocycles. The molecule has 1 heterocycles. The van der Waals surface area contributed by atoms with Crippen LogP contribution in [0.2, 0.25) is 0 Å². The fraction of sp³-hybridized carbons (Fsp3) is 0.0769. The second-order valence-corrected chi connectivity index (χ2v) is 4.46. The normalized spacial score (nSPS) is 9.89. The molecule has 1 aromatic carbocycles. The monoisotopic (exact) mass is 306 g/mol. The number of ether oxygens (including phenoxy) is 1. The number of methoxy groups -OCH3 is 1. The quantitative estimate of drug-likeness (QED) is 0.948. The Morgan fingerprint density at radius 1 is 1.22 bits per heavy atom. The summed E-state index contributed by atoms with van der Waals surface area (Å²) in [5, 5.41) is 2.76. The molecule has 0 fully saturated rings. The van der Waals surface area contributed by atoms with Gasteiger partial charge in [0.15, 0.2) is 0 Å². The summed E-state index contributed by atoms with van der Waals surface area (Å²) < 4.78 is 5.88. The predicted molar refractivity (Wildman–Crippen MR) is 72.9 cm³/mol. The third-order valence-corrected chi connectivity index (χ3v) is 2.78. The molecule has 5 heteroatoms. The molecule has 18 heavy (non-hydrogen) atoms. The highest BCUT2D eigenvalue weighted by atomic mass is 79.9. The number of rotatable bonds is 3. The fourth-order valence-electron chi connectivity index (χ4n) is 1.38. The van der Waals surface area contributed by atoms with Gasteiger partial charge in [-0.05, 0) is 52.3 Å². The zero-order chi connectivity index (χ0) is 13.0. The van der Waals surface area contributed by atoms with Crippen LogP contribution >= 0.6 is 15.9 Å². The Bertz CT molecular complexity index is 538. The molecule has 1 amide bonds. The third-order valence-electron chi connectivity index (χ3n) is 2.31. The Kier molecular flexibility index (Phi) is 3.94. The van der Waals surface area contributed by atoms with Gasteiger partial charge < -0.3 is 10.1 Å². The van der Waals surface area contributed by atoms with Crippen molar-refractivity contribution >= 4 is 27.5 Å². The first-order valence-electron chi connectivity index (χ1n) is 5.26. The summed E-state index contributed by atoms with van der Waals surface area (Å²) in [6.07, 6.45) is 1.59. The van der Waals surface area contributed by atoms with Gasteiger partial charge in [0.25, 0.3) is 5.91 Å². The van der Waals surface area contributed by atoms with Crippen LogP contribution in [0.3, 0.4) is 0 Å². The van der Waals surface area contributed by atoms with Gasteiger partial charge in [-0.3, -0.25) is 4.79 Å². The molecule has 0 radical (unpaired) electrons. The van der Waals surface area contributed by atoms with Crippen LogP contribution in [-0.4, -0.2) is 18.0 Å². The Hall–Kier alpha value is -1.88. The maximum absolute atomic E-state index is 11.9. The van der Waals surface area contributed by atoms with Gasteiger partial charge in [0.1, 0.15) is 11.4 Å². The zero-order valence-corrected chi connectivity index (χ0v) is 11.3. The number of carbonyl (C=O) groups excluding carboxylic acids is 1. The maximum Gasteiger partial charge on any atom is 0.274 e. The molecule has 0 aliphatic rings. The number of benzene rings is 1. The highest BCUT2D eigenvalue weighted by Gasteiger charge is 2.07. The Morgan fingerprint density at radius 2 is 1.94 bits per heavy atom. The number of nitrogens with zero attached hydrogens (tertiary/aromatic N) is 1. The van der Waals surface area contributed by atoms with Crippen molar-refractivity contribution in [2.75, 3.05) is 12.4 Å². The lowest BCUT2D eigenvalue weighted by molar-refractivity contribution is 0.102. The summed E-state index contributed by atoms with van der Waals surface area (Å²) in [6.45, 7) is 0. The lowest BCUT2D eigenvalue weighted by Gasteiger charge is -2.05. The zero-order valence-electron chi connectivity index (χ0n) is 9.68. The minimum Gasteiger partial charge on any atom is -0.497 e. The van der Waals surface area contributed by atoms with Crippen LogP contribution in [-0.2, 0) is 0 Å². The first kappa shape index (κ1) is 12.6. The number of hydrogen-bond acceptors (Lipinski definition) is 3. The topological polar surface area (TPSA) is 51.2 Å². The van der Waals surface area contributed by atoms with Crippen LogP contribution < -0.4 is 10.1 Å². The number of nitrogens with one attached hydrogen (secondary N) is 1. The van der Waals surface area contributed by atoms with Crippen molar-refractivity contribution in [3.63, 3.8) is 0 Å². The van der Waals surface area contributed by atoms with Gasteiger partial charge in [0.2, 0.25) is 0 Å². The molecule has 0 bridgehead atoms. The molecule has 1 N–H and O–H groups in total. The second kappa shape index (κ2) is 5.64. The highest BCUT2D eigenvalue weighted by Crippen LogP contribution is 2.16. The van der Waals surface area contributed by atoms with Crippen LogP contribution in [0.5, 0.6) is 5.75 Å². The summed E-state index contributed by atoms with van der Waals surface area (Å²) in [5.41, 5.74) is 1.07. The standard InChI is InChI=1S/C13H11BrN2O2/c1-18-11-5-3-10(4-6-11)16-13(17)12-7-2-9(14)8-15-12/h2-8H,1H3,(H,16,17). The van der Waals surface area contributed by atoms with E-state index >= 15 is 0 Å². The lowest BCUT2D eigenvalue weighted by atomic mass is 10.3. The van der Waals surface area contributed by atoms with E-state index in [1.165, 1.54) is 0 Å². The van der Waals surface area contributed by atoms with Gasteiger partial charge in [0.05, 0.1) is 7.11 Å². The van der Waals surface area contributed by atoms with E-state index in [9.17, 15) is 4.79 Å². The van der Waals surface area contributed by atoms with Crippen LogP contribution in [0.25, 0.3) is 0 Å². The number of anilines is 1. The summed E-state index contributed by atoms with van der Waals surface area (Å²) in [6, 6.07) is 10.5. The fourth-order valence-corrected chi connectivity index (χ4v) is 1.61. The molecule has 0 spiro atoms. The van der Waals surface area contributed by atoms with E-state index in [2.05, 4.69) is 26.2 Å². The van der Waals surface area contributed by atoms with E-state index in [4.69, 9.17) is 4.74 Å². The molecule has 0 aliphatic carbocycles. The second-order valence-electron chi connectivity index (χ2n) is 3.54. The van der Waals surface area contributed by atoms with E-state index < -0.39 is 0 Å². The van der Waals surface area contributed by atoms with E-state index in [1.807, 2.05) is 0 Å². The van der Waals surface area contributed by atoms with Crippen molar-refractivity contribution in [1.29, 1.82) is 0 Å². The highest BCUT2D eigenvalue weighted by molar-refractivity contribution is 9.10. The van der Waals surface area contributed by atoms with E-state index in [0.29, 0.717) is 11.4 Å². The van der Waals surface area contributed by atoms with Crippen molar-refractivity contribution in [3.8, 4) is 5.75 Å². The number of pyridine rings is 1. The van der Waals surface area contributed by atoms with E-state index in [-0.39, 0.29) is 5.91 Å². The molecule has 1 aromatic heterocycles. The summed E-state index contributed by atoms with van der Waals surface area (Å²) in [5.74, 6) is 0.502. The van der Waals surface area contributed by atoms with Crippen molar-refractivity contribution in [1.82, 2.24) is 4.98 Å². The average molecular weight is 307 g/mol. The molecular weight excluding hydrogens is 296 g/mol. The Balaban J connectivity index is 2.08. The average Bonchev–Trinajstić information content (AvgIpc) is 2.40. The minimum absolute atomic E-state index is 0.243. The first-order valence-corrected chi connectivity index (χ1v) is 6.05. The number of halogens is 1.